The first-order chi connectivity index (χ1) is 32.9. The highest BCUT2D eigenvalue weighted by Crippen LogP contribution is 2.26. The van der Waals surface area contributed by atoms with Gasteiger partial charge < -0.3 is 20.0 Å². The highest BCUT2D eigenvalue weighted by atomic mass is 79.9. The molecule has 0 atom stereocenters. The van der Waals surface area contributed by atoms with Gasteiger partial charge in [-0.3, -0.25) is 14.8 Å². The minimum Gasteiger partial charge on any atom is -0.409 e. The molecule has 0 bridgehead atoms. The molecule has 4 aromatic heterocycles. The van der Waals surface area contributed by atoms with Crippen LogP contribution in [0.1, 0.15) is 126 Å². The average Bonchev–Trinajstić information content (AvgIpc) is 4.08. The summed E-state index contributed by atoms with van der Waals surface area (Å²) in [5.41, 5.74) is 10.7. The number of carbonyl (C=O) groups excluding carboxylic acids is 1. The Hall–Kier alpha value is -6.16. The normalized spacial score (nSPS) is 10.3. The molecule has 69 heavy (non-hydrogen) atoms. The van der Waals surface area contributed by atoms with Crippen LogP contribution < -0.4 is 5.73 Å². The van der Waals surface area contributed by atoms with Gasteiger partial charge in [-0.05, 0) is 135 Å². The van der Waals surface area contributed by atoms with Crippen molar-refractivity contribution in [2.75, 3.05) is 0 Å². The Morgan fingerprint density at radius 1 is 0.638 bits per heavy atom. The number of oxime groups is 1. The van der Waals surface area contributed by atoms with Crippen molar-refractivity contribution < 1.29 is 19.0 Å². The molecule has 0 aliphatic rings. The van der Waals surface area contributed by atoms with E-state index >= 15 is 0 Å². The molecule has 0 aliphatic heterocycles. The summed E-state index contributed by atoms with van der Waals surface area (Å²) in [6, 6.07) is 30.3. The second-order valence-corrected chi connectivity index (χ2v) is 16.9. The van der Waals surface area contributed by atoms with Crippen LogP contribution in [0.4, 0.5) is 0 Å². The van der Waals surface area contributed by atoms with Crippen molar-refractivity contribution in [2.45, 2.75) is 91.9 Å². The van der Waals surface area contributed by atoms with Gasteiger partial charge in [0.2, 0.25) is 28.7 Å². The van der Waals surface area contributed by atoms with Crippen molar-refractivity contribution in [1.82, 2.24) is 30.2 Å². The molecule has 0 radical (unpaired) electrons. The number of carbonyl (C=O) groups is 1. The minimum absolute atomic E-state index is 0. The minimum atomic E-state index is -0.199. The number of halogens is 4. The molecule has 12 nitrogen and oxygen atoms in total. The first-order valence-corrected chi connectivity index (χ1v) is 24.1. The second-order valence-electron chi connectivity index (χ2n) is 14.7. The van der Waals surface area contributed by atoms with Gasteiger partial charge in [0.25, 0.3) is 0 Å². The first kappa shape index (κ1) is 59.0. The van der Waals surface area contributed by atoms with Crippen LogP contribution in [0.15, 0.2) is 145 Å². The summed E-state index contributed by atoms with van der Waals surface area (Å²) in [7, 11) is 0. The standard InChI is InChI=1S/C20H19N3O.C13H15BrN2O.C7H7BrN2O.C7H5N.C6H11ClO.ClH/c1-3-17(4-2)20-22-19(23-24-20)18-9-7-15(8-10-18)5-6-16-11-13-21-14-12-16;1-3-9(4-2)13-15-12(16-17-13)10-5-7-11(14)8-6-10;8-6-3-1-5(2-4-6)7(9)10-11;1-2-7-3-5-8-6-4-7;1-3-5(4-2)6(7)8;/h7-14,17H,3-4H2,1-2H3;5-9H,3-4H2,1-2H3;1-4,11H,(H2,9,10);1,3-6H;5H,3-4H2,1-2H3;1H. The van der Waals surface area contributed by atoms with Crippen molar-refractivity contribution in [3.8, 4) is 47.0 Å². The summed E-state index contributed by atoms with van der Waals surface area (Å²) >= 11 is 11.9. The number of nitrogens with two attached hydrogens (primary N) is 1. The molecule has 7 aromatic rings. The summed E-state index contributed by atoms with van der Waals surface area (Å²) in [4.78, 5) is 27.1. The molecule has 3 N–H and O–H groups in total. The number of rotatable bonds is 12. The Morgan fingerprint density at radius 2 is 1.01 bits per heavy atom. The predicted molar refractivity (Wildman–Crippen MR) is 285 cm³/mol. The number of hydrogen-bond donors (Lipinski definition) is 2. The van der Waals surface area contributed by atoms with Gasteiger partial charge in [-0.1, -0.05) is 119 Å². The summed E-state index contributed by atoms with van der Waals surface area (Å²) in [5.74, 6) is 12.4. The molecular weight excluding hydrogens is 1040 g/mol. The number of aromatic nitrogens is 6. The molecule has 7 rings (SSSR count). The van der Waals surface area contributed by atoms with Crippen LogP contribution in [-0.2, 0) is 4.79 Å². The quantitative estimate of drug-likeness (QED) is 0.0297. The fourth-order valence-electron chi connectivity index (χ4n) is 5.93. The summed E-state index contributed by atoms with van der Waals surface area (Å²) in [6.45, 7) is 12.5. The zero-order valence-corrected chi connectivity index (χ0v) is 44.3. The first-order valence-electron chi connectivity index (χ1n) is 22.2. The van der Waals surface area contributed by atoms with Crippen LogP contribution in [0.2, 0.25) is 0 Å². The molecular formula is C53H58Br2Cl2N8O4. The van der Waals surface area contributed by atoms with Crippen molar-refractivity contribution in [1.29, 1.82) is 0 Å². The topological polar surface area (TPSA) is 179 Å². The number of pyridine rings is 2. The maximum Gasteiger partial charge on any atom is 0.230 e. The molecule has 362 valence electrons. The highest BCUT2D eigenvalue weighted by molar-refractivity contribution is 9.10. The summed E-state index contributed by atoms with van der Waals surface area (Å²) in [6.07, 6.45) is 17.7. The Labute approximate surface area is 434 Å². The van der Waals surface area contributed by atoms with Crippen molar-refractivity contribution >= 4 is 66.9 Å². The van der Waals surface area contributed by atoms with Crippen LogP contribution in [0.3, 0.4) is 0 Å². The van der Waals surface area contributed by atoms with E-state index in [0.29, 0.717) is 29.0 Å². The van der Waals surface area contributed by atoms with E-state index < -0.39 is 0 Å². The predicted octanol–water partition coefficient (Wildman–Crippen LogP) is 14.1. The molecule has 4 heterocycles. The van der Waals surface area contributed by atoms with Gasteiger partial charge >= 0.3 is 0 Å². The third-order valence-electron chi connectivity index (χ3n) is 10.2. The number of terminal acetylenes is 1. The lowest BCUT2D eigenvalue weighted by atomic mass is 10.0. The Balaban J connectivity index is 0.000000317. The molecule has 0 amide bonds. The van der Waals surface area contributed by atoms with Crippen molar-refractivity contribution in [3.63, 3.8) is 0 Å². The van der Waals surface area contributed by atoms with Crippen LogP contribution in [0, 0.1) is 30.1 Å². The van der Waals surface area contributed by atoms with E-state index in [1.807, 2.05) is 86.6 Å². The average molecular weight is 1100 g/mol. The van der Waals surface area contributed by atoms with E-state index in [0.717, 1.165) is 87.1 Å². The molecule has 3 aromatic carbocycles. The highest BCUT2D eigenvalue weighted by Gasteiger charge is 2.17. The van der Waals surface area contributed by atoms with Gasteiger partial charge in [-0.25, -0.2) is 0 Å². The second kappa shape index (κ2) is 33.4. The van der Waals surface area contributed by atoms with Crippen LogP contribution in [0.5, 0.6) is 0 Å². The van der Waals surface area contributed by atoms with E-state index in [1.165, 1.54) is 0 Å². The lowest BCUT2D eigenvalue weighted by molar-refractivity contribution is -0.115. The maximum atomic E-state index is 10.4. The van der Waals surface area contributed by atoms with Crippen LogP contribution >= 0.6 is 55.9 Å². The molecule has 0 saturated heterocycles. The molecule has 0 aliphatic carbocycles. The van der Waals surface area contributed by atoms with Crippen LogP contribution in [0.25, 0.3) is 22.8 Å². The van der Waals surface area contributed by atoms with E-state index in [4.69, 9.17) is 38.0 Å². The van der Waals surface area contributed by atoms with Gasteiger partial charge in [-0.15, -0.1) is 18.8 Å². The van der Waals surface area contributed by atoms with Gasteiger partial charge in [0, 0.05) is 84.9 Å². The zero-order valence-electron chi connectivity index (χ0n) is 39.5. The fourth-order valence-corrected chi connectivity index (χ4v) is 6.77. The molecule has 0 unspecified atom stereocenters. The fraction of sp³-hybridized carbons (Fsp3) is 0.283. The summed E-state index contributed by atoms with van der Waals surface area (Å²) in [5, 5.41) is 19.1. The monoisotopic (exact) mass is 1100 g/mol. The largest absolute Gasteiger partial charge is 0.409 e. The Bertz CT molecular complexity index is 2640. The number of hydrogen-bond acceptors (Lipinski definition) is 11. The Kier molecular flexibility index (Phi) is 28.5. The van der Waals surface area contributed by atoms with E-state index in [9.17, 15) is 4.79 Å². The van der Waals surface area contributed by atoms with Gasteiger partial charge in [-0.2, -0.15) is 9.97 Å². The molecule has 0 saturated carbocycles. The van der Waals surface area contributed by atoms with E-state index in [-0.39, 0.29) is 29.4 Å². The zero-order chi connectivity index (χ0) is 49.7. The third-order valence-corrected chi connectivity index (χ3v) is 11.6. The maximum absolute atomic E-state index is 10.4. The van der Waals surface area contributed by atoms with Crippen molar-refractivity contribution in [3.05, 3.63) is 165 Å². The van der Waals surface area contributed by atoms with E-state index in [2.05, 4.69) is 113 Å². The summed E-state index contributed by atoms with van der Waals surface area (Å²) < 4.78 is 12.7. The van der Waals surface area contributed by atoms with E-state index in [1.54, 1.807) is 49.1 Å². The molecule has 16 heteroatoms. The molecule has 0 spiro atoms. The number of nitrogens with zero attached hydrogens (tertiary/aromatic N) is 7. The smallest absolute Gasteiger partial charge is 0.230 e. The molecule has 0 fully saturated rings. The lowest BCUT2D eigenvalue weighted by Crippen LogP contribution is -2.12. The van der Waals surface area contributed by atoms with Gasteiger partial charge in [0.1, 0.15) is 0 Å². The van der Waals surface area contributed by atoms with Gasteiger partial charge in [0.05, 0.1) is 0 Å². The van der Waals surface area contributed by atoms with Crippen LogP contribution in [-0.4, -0.2) is 46.5 Å². The van der Waals surface area contributed by atoms with Crippen molar-refractivity contribution in [2.24, 2.45) is 16.8 Å². The van der Waals surface area contributed by atoms with Gasteiger partial charge in [0.15, 0.2) is 5.84 Å². The third kappa shape index (κ3) is 20.9. The SMILES string of the molecule is C#Cc1ccncc1.CCC(CC)C(=O)Cl.CCC(CC)c1nc(-c2ccc(Br)cc2)no1.CCC(CC)c1nc(-c2ccc(C#Cc3ccncc3)cc2)no1.Cl.N/C(=N\O)c1ccc(Br)cc1. The number of benzene rings is 3. The Morgan fingerprint density at radius 3 is 1.35 bits per heavy atom. The lowest BCUT2D eigenvalue weighted by Gasteiger charge is -2.04. The number of amidine groups is 1.